The molecule has 0 saturated carbocycles. The van der Waals surface area contributed by atoms with Crippen molar-refractivity contribution in [3.05, 3.63) is 64.9 Å². The highest BCUT2D eigenvalue weighted by Crippen LogP contribution is 2.07. The number of hydrogen-bond acceptors (Lipinski definition) is 3. The summed E-state index contributed by atoms with van der Waals surface area (Å²) in [5.74, 6) is -0.182. The zero-order chi connectivity index (χ0) is 13.5. The van der Waals surface area contributed by atoms with E-state index in [4.69, 9.17) is 11.6 Å². The van der Waals surface area contributed by atoms with Gasteiger partial charge in [-0.3, -0.25) is 9.78 Å². The quantitative estimate of drug-likeness (QED) is 0.687. The predicted molar refractivity (Wildman–Crippen MR) is 75.1 cm³/mol. The first-order valence-electron chi connectivity index (χ1n) is 5.70. The monoisotopic (exact) mass is 273 g/mol. The Hall–Kier alpha value is -2.20. The van der Waals surface area contributed by atoms with E-state index in [1.165, 1.54) is 0 Å². The average Bonchev–Trinajstić information content (AvgIpc) is 2.42. The Morgan fingerprint density at radius 2 is 2.11 bits per heavy atom. The third-order valence-electron chi connectivity index (χ3n) is 2.36. The number of nitrogens with one attached hydrogen (secondary N) is 1. The molecular weight excluding hydrogens is 262 g/mol. The molecule has 2 aromatic rings. The van der Waals surface area contributed by atoms with Crippen LogP contribution in [0.25, 0.3) is 0 Å². The maximum atomic E-state index is 11.6. The minimum absolute atomic E-state index is 0.182. The maximum Gasteiger partial charge on any atom is 0.244 e. The molecule has 0 saturated heterocycles. The molecular formula is C14H12ClN3O. The molecule has 1 aromatic carbocycles. The Kier molecular flexibility index (Phi) is 4.64. The van der Waals surface area contributed by atoms with Gasteiger partial charge in [-0.25, -0.2) is 5.43 Å². The summed E-state index contributed by atoms with van der Waals surface area (Å²) >= 11 is 5.77. The molecule has 1 heterocycles. The molecule has 4 nitrogen and oxygen atoms in total. The van der Waals surface area contributed by atoms with Crippen LogP contribution in [0.15, 0.2) is 53.9 Å². The van der Waals surface area contributed by atoms with Crippen molar-refractivity contribution in [3.8, 4) is 0 Å². The van der Waals surface area contributed by atoms with Crippen LogP contribution in [-0.2, 0) is 11.2 Å². The van der Waals surface area contributed by atoms with Gasteiger partial charge in [-0.15, -0.1) is 0 Å². The number of carbonyl (C=O) groups is 1. The van der Waals surface area contributed by atoms with E-state index >= 15 is 0 Å². The van der Waals surface area contributed by atoms with Gasteiger partial charge in [-0.1, -0.05) is 29.8 Å². The second-order valence-corrected chi connectivity index (χ2v) is 4.32. The number of pyridine rings is 1. The first kappa shape index (κ1) is 13.2. The molecule has 96 valence electrons. The molecule has 1 amide bonds. The van der Waals surface area contributed by atoms with Crippen LogP contribution >= 0.6 is 11.6 Å². The molecule has 5 heteroatoms. The van der Waals surface area contributed by atoms with E-state index in [1.807, 2.05) is 18.2 Å². The number of aromatic nitrogens is 1. The highest BCUT2D eigenvalue weighted by Gasteiger charge is 2.01. The Morgan fingerprint density at radius 1 is 1.32 bits per heavy atom. The first-order valence-corrected chi connectivity index (χ1v) is 6.08. The summed E-state index contributed by atoms with van der Waals surface area (Å²) in [6.07, 6.45) is 5.14. The summed E-state index contributed by atoms with van der Waals surface area (Å²) in [6, 6.07) is 10.8. The smallest absolute Gasteiger partial charge is 0.244 e. The van der Waals surface area contributed by atoms with E-state index in [0.29, 0.717) is 5.02 Å². The van der Waals surface area contributed by atoms with Crippen LogP contribution in [0.1, 0.15) is 11.1 Å². The van der Waals surface area contributed by atoms with Gasteiger partial charge in [0.1, 0.15) is 0 Å². The predicted octanol–water partition coefficient (Wildman–Crippen LogP) is 2.43. The van der Waals surface area contributed by atoms with E-state index in [9.17, 15) is 4.79 Å². The molecule has 1 N–H and O–H groups in total. The Morgan fingerprint density at radius 3 is 2.79 bits per heavy atom. The number of carbonyl (C=O) groups excluding carboxylic acids is 1. The number of amides is 1. The van der Waals surface area contributed by atoms with Crippen LogP contribution in [0.4, 0.5) is 0 Å². The summed E-state index contributed by atoms with van der Waals surface area (Å²) in [5, 5.41) is 4.54. The molecule has 0 atom stereocenters. The van der Waals surface area contributed by atoms with Crippen LogP contribution in [-0.4, -0.2) is 17.1 Å². The van der Waals surface area contributed by atoms with E-state index in [-0.39, 0.29) is 12.3 Å². The third-order valence-corrected chi connectivity index (χ3v) is 2.61. The number of benzene rings is 1. The van der Waals surface area contributed by atoms with E-state index < -0.39 is 0 Å². The van der Waals surface area contributed by atoms with Gasteiger partial charge in [-0.05, 0) is 29.3 Å². The average molecular weight is 274 g/mol. The zero-order valence-electron chi connectivity index (χ0n) is 10.1. The zero-order valence-corrected chi connectivity index (χ0v) is 10.8. The minimum atomic E-state index is -0.182. The van der Waals surface area contributed by atoms with Crippen molar-refractivity contribution in [1.82, 2.24) is 10.4 Å². The van der Waals surface area contributed by atoms with Crippen LogP contribution in [0.2, 0.25) is 5.02 Å². The molecule has 0 radical (unpaired) electrons. The molecule has 0 aliphatic heterocycles. The summed E-state index contributed by atoms with van der Waals surface area (Å²) in [6.45, 7) is 0. The summed E-state index contributed by atoms with van der Waals surface area (Å²) in [7, 11) is 0. The van der Waals surface area contributed by atoms with Gasteiger partial charge in [0.25, 0.3) is 0 Å². The number of halogens is 1. The second kappa shape index (κ2) is 6.66. The van der Waals surface area contributed by atoms with Gasteiger partial charge in [0.2, 0.25) is 5.91 Å². The summed E-state index contributed by atoms with van der Waals surface area (Å²) in [4.78, 5) is 15.5. The van der Waals surface area contributed by atoms with E-state index in [2.05, 4.69) is 15.5 Å². The van der Waals surface area contributed by atoms with Crippen molar-refractivity contribution >= 4 is 23.7 Å². The van der Waals surface area contributed by atoms with Gasteiger partial charge in [0.15, 0.2) is 0 Å². The van der Waals surface area contributed by atoms with Crippen molar-refractivity contribution in [1.29, 1.82) is 0 Å². The molecule has 0 fully saturated rings. The number of rotatable bonds is 4. The van der Waals surface area contributed by atoms with Gasteiger partial charge in [0, 0.05) is 17.4 Å². The van der Waals surface area contributed by atoms with E-state index in [1.54, 1.807) is 36.8 Å². The van der Waals surface area contributed by atoms with Crippen molar-refractivity contribution < 1.29 is 4.79 Å². The molecule has 19 heavy (non-hydrogen) atoms. The van der Waals surface area contributed by atoms with E-state index in [0.717, 1.165) is 11.1 Å². The van der Waals surface area contributed by atoms with Gasteiger partial charge in [-0.2, -0.15) is 5.10 Å². The summed E-state index contributed by atoms with van der Waals surface area (Å²) in [5.41, 5.74) is 4.18. The fourth-order valence-electron chi connectivity index (χ4n) is 1.46. The van der Waals surface area contributed by atoms with Crippen molar-refractivity contribution in [3.63, 3.8) is 0 Å². The Bertz CT molecular complexity index is 567. The highest BCUT2D eigenvalue weighted by atomic mass is 35.5. The molecule has 1 aromatic heterocycles. The summed E-state index contributed by atoms with van der Waals surface area (Å²) < 4.78 is 0. The fourth-order valence-corrected chi connectivity index (χ4v) is 1.58. The van der Waals surface area contributed by atoms with Crippen molar-refractivity contribution in [2.24, 2.45) is 5.10 Å². The number of hydrazone groups is 1. The van der Waals surface area contributed by atoms with Crippen molar-refractivity contribution in [2.75, 3.05) is 0 Å². The molecule has 0 spiro atoms. The minimum Gasteiger partial charge on any atom is -0.273 e. The van der Waals surface area contributed by atoms with Crippen LogP contribution < -0.4 is 5.43 Å². The SMILES string of the molecule is O=C(Cc1cccnc1)N/N=C\c1ccc(Cl)cc1. The molecule has 0 bridgehead atoms. The first-order chi connectivity index (χ1) is 9.24. The maximum absolute atomic E-state index is 11.6. The lowest BCUT2D eigenvalue weighted by Crippen LogP contribution is -2.19. The molecule has 2 rings (SSSR count). The second-order valence-electron chi connectivity index (χ2n) is 3.88. The molecule has 0 aliphatic rings. The van der Waals surface area contributed by atoms with Crippen LogP contribution in [0.3, 0.4) is 0 Å². The number of nitrogens with zero attached hydrogens (tertiary/aromatic N) is 2. The topological polar surface area (TPSA) is 54.4 Å². The normalized spacial score (nSPS) is 10.6. The Balaban J connectivity index is 1.85. The standard InChI is InChI=1S/C14H12ClN3O/c15-13-5-3-11(4-6-13)10-17-18-14(19)8-12-2-1-7-16-9-12/h1-7,9-10H,8H2,(H,18,19)/b17-10-. The largest absolute Gasteiger partial charge is 0.273 e. The lowest BCUT2D eigenvalue weighted by molar-refractivity contribution is -0.120. The van der Waals surface area contributed by atoms with Crippen molar-refractivity contribution in [2.45, 2.75) is 6.42 Å². The van der Waals surface area contributed by atoms with Gasteiger partial charge in [0.05, 0.1) is 12.6 Å². The molecule has 0 aliphatic carbocycles. The number of hydrogen-bond donors (Lipinski definition) is 1. The van der Waals surface area contributed by atoms with Gasteiger partial charge < -0.3 is 0 Å². The van der Waals surface area contributed by atoms with Crippen LogP contribution in [0.5, 0.6) is 0 Å². The Labute approximate surface area is 116 Å². The molecule has 0 unspecified atom stereocenters. The highest BCUT2D eigenvalue weighted by molar-refractivity contribution is 6.30. The lowest BCUT2D eigenvalue weighted by Gasteiger charge is -1.99. The lowest BCUT2D eigenvalue weighted by atomic mass is 10.2. The fraction of sp³-hybridized carbons (Fsp3) is 0.0714. The van der Waals surface area contributed by atoms with Gasteiger partial charge >= 0.3 is 0 Å². The van der Waals surface area contributed by atoms with Crippen LogP contribution in [0, 0.1) is 0 Å². The third kappa shape index (κ3) is 4.52.